The van der Waals surface area contributed by atoms with Crippen molar-refractivity contribution >= 4 is 33.3 Å². The van der Waals surface area contributed by atoms with Crippen molar-refractivity contribution in [2.24, 2.45) is 0 Å². The van der Waals surface area contributed by atoms with Gasteiger partial charge in [0, 0.05) is 47.5 Å². The molecule has 5 heterocycles. The SMILES string of the molecule is Cc1c(-c2ccc(C3CCN(CC(C)F)CC3)cc2)cc(C(F)F)c2cn(C(C(=O)Nc3nccs3)c3ncn4c3CCC4)nc12. The Balaban J connectivity index is 1.24. The summed E-state index contributed by atoms with van der Waals surface area (Å²) in [5, 5.41) is 10.2. The molecule has 12 heteroatoms. The second-order valence-corrected chi connectivity index (χ2v) is 13.3. The summed E-state index contributed by atoms with van der Waals surface area (Å²) in [6, 6.07) is 8.73. The molecule has 0 radical (unpaired) electrons. The predicted octanol–water partition coefficient (Wildman–Crippen LogP) is 7.31. The average Bonchev–Trinajstić information content (AvgIpc) is 3.85. The van der Waals surface area contributed by atoms with Crippen molar-refractivity contribution in [3.63, 3.8) is 0 Å². The number of hydrogen-bond donors (Lipinski definition) is 1. The molecule has 8 nitrogen and oxygen atoms in total. The van der Waals surface area contributed by atoms with Crippen LogP contribution in [0, 0.1) is 6.92 Å². The van der Waals surface area contributed by atoms with Gasteiger partial charge in [-0.15, -0.1) is 11.3 Å². The van der Waals surface area contributed by atoms with E-state index in [9.17, 15) is 18.0 Å². The molecule has 0 bridgehead atoms. The zero-order valence-electron chi connectivity index (χ0n) is 25.8. The number of carbonyl (C=O) groups excluding carboxylic acids is 1. The monoisotopic (exact) mass is 647 g/mol. The molecular formula is C34H36F3N7OS. The molecule has 2 aliphatic rings. The molecule has 3 aromatic heterocycles. The topological polar surface area (TPSA) is 80.9 Å². The van der Waals surface area contributed by atoms with E-state index in [4.69, 9.17) is 5.10 Å². The number of aromatic nitrogens is 5. The minimum absolute atomic E-state index is 0.130. The van der Waals surface area contributed by atoms with Gasteiger partial charge in [-0.25, -0.2) is 23.1 Å². The van der Waals surface area contributed by atoms with Crippen LogP contribution in [0.2, 0.25) is 0 Å². The number of alkyl halides is 3. The highest BCUT2D eigenvalue weighted by Gasteiger charge is 2.33. The number of anilines is 1. The Morgan fingerprint density at radius 2 is 1.89 bits per heavy atom. The maximum Gasteiger partial charge on any atom is 0.264 e. The first-order valence-electron chi connectivity index (χ1n) is 15.8. The van der Waals surface area contributed by atoms with E-state index < -0.39 is 18.6 Å². The summed E-state index contributed by atoms with van der Waals surface area (Å²) in [5.74, 6) is 0.00115. The lowest BCUT2D eigenvalue weighted by Gasteiger charge is -2.32. The van der Waals surface area contributed by atoms with Gasteiger partial charge >= 0.3 is 0 Å². The summed E-state index contributed by atoms with van der Waals surface area (Å²) in [5.41, 5.74) is 5.28. The number of rotatable bonds is 9. The van der Waals surface area contributed by atoms with Crippen LogP contribution in [-0.4, -0.2) is 60.9 Å². The normalized spacial score (nSPS) is 17.1. The van der Waals surface area contributed by atoms with Gasteiger partial charge in [0.25, 0.3) is 12.3 Å². The third-order valence-electron chi connectivity index (χ3n) is 9.35. The maximum atomic E-state index is 14.6. The van der Waals surface area contributed by atoms with Crippen molar-refractivity contribution in [3.8, 4) is 11.1 Å². The van der Waals surface area contributed by atoms with Crippen molar-refractivity contribution < 1.29 is 18.0 Å². The molecule has 1 fully saturated rings. The first kappa shape index (κ1) is 30.6. The van der Waals surface area contributed by atoms with Gasteiger partial charge in [-0.05, 0) is 86.9 Å². The van der Waals surface area contributed by atoms with Gasteiger partial charge in [-0.3, -0.25) is 14.8 Å². The number of imidazole rings is 1. The van der Waals surface area contributed by atoms with Gasteiger partial charge in [0.2, 0.25) is 0 Å². The molecular weight excluding hydrogens is 611 g/mol. The van der Waals surface area contributed by atoms with Crippen LogP contribution in [0.1, 0.15) is 72.6 Å². The van der Waals surface area contributed by atoms with Crippen LogP contribution in [0.15, 0.2) is 54.4 Å². The van der Waals surface area contributed by atoms with Crippen LogP contribution in [0.4, 0.5) is 18.3 Å². The van der Waals surface area contributed by atoms with E-state index in [1.165, 1.54) is 21.6 Å². The number of carbonyl (C=O) groups is 1. The van der Waals surface area contributed by atoms with E-state index in [-0.39, 0.29) is 11.5 Å². The first-order valence-corrected chi connectivity index (χ1v) is 16.7. The van der Waals surface area contributed by atoms with Gasteiger partial charge in [-0.2, -0.15) is 5.10 Å². The van der Waals surface area contributed by atoms with Crippen molar-refractivity contribution in [1.29, 1.82) is 0 Å². The minimum Gasteiger partial charge on any atom is -0.334 e. The number of amides is 1. The average molecular weight is 648 g/mol. The van der Waals surface area contributed by atoms with Crippen molar-refractivity contribution in [3.05, 3.63) is 82.5 Å². The number of likely N-dealkylation sites (tertiary alicyclic amines) is 1. The molecule has 2 aliphatic heterocycles. The van der Waals surface area contributed by atoms with Crippen molar-refractivity contribution in [2.75, 3.05) is 25.0 Å². The number of benzene rings is 2. The van der Waals surface area contributed by atoms with Gasteiger partial charge in [0.1, 0.15) is 6.17 Å². The van der Waals surface area contributed by atoms with Crippen LogP contribution in [0.5, 0.6) is 0 Å². The quantitative estimate of drug-likeness (QED) is 0.182. The molecule has 0 spiro atoms. The summed E-state index contributed by atoms with van der Waals surface area (Å²) >= 11 is 1.30. The van der Waals surface area contributed by atoms with E-state index in [0.29, 0.717) is 39.8 Å². The lowest BCUT2D eigenvalue weighted by Crippen LogP contribution is -2.36. The molecule has 1 N–H and O–H groups in total. The molecule has 5 aromatic rings. The van der Waals surface area contributed by atoms with Gasteiger partial charge < -0.3 is 9.47 Å². The molecule has 2 aromatic carbocycles. The fourth-order valence-corrected chi connectivity index (χ4v) is 7.59. The third-order valence-corrected chi connectivity index (χ3v) is 10.0. The third kappa shape index (κ3) is 5.84. The Labute approximate surface area is 269 Å². The number of halogens is 3. The fraction of sp³-hybridized carbons (Fsp3) is 0.412. The number of aryl methyl sites for hydroxylation is 2. The molecule has 0 aliphatic carbocycles. The van der Waals surface area contributed by atoms with Gasteiger partial charge in [0.15, 0.2) is 11.2 Å². The maximum absolute atomic E-state index is 14.6. The Bertz CT molecular complexity index is 1840. The molecule has 2 atom stereocenters. The molecule has 240 valence electrons. The second kappa shape index (κ2) is 12.6. The number of fused-ring (bicyclic) bond motifs is 2. The van der Waals surface area contributed by atoms with Crippen LogP contribution >= 0.6 is 11.3 Å². The standard InChI is InChI=1S/C34H36F3N7OS/c1-20(35)17-42-13-9-23(10-14-42)22-5-7-24(8-6-22)25-16-26(32(36)37)27-18-44(41-29(27)21(25)2)31(33(45)40-34-38-11-15-46-34)30-28-4-3-12-43(28)19-39-30/h5-8,11,15-16,18-20,23,31-32H,3-4,9-10,12-14,17H2,1-2H3,(H,38,40,45). The number of nitrogens with zero attached hydrogens (tertiary/aromatic N) is 6. The Morgan fingerprint density at radius 3 is 2.59 bits per heavy atom. The van der Waals surface area contributed by atoms with E-state index in [2.05, 4.69) is 32.3 Å². The van der Waals surface area contributed by atoms with E-state index >= 15 is 0 Å². The lowest BCUT2D eigenvalue weighted by atomic mass is 9.87. The van der Waals surface area contributed by atoms with Crippen LogP contribution in [-0.2, 0) is 17.8 Å². The summed E-state index contributed by atoms with van der Waals surface area (Å²) in [4.78, 5) is 24.7. The number of thiazole rings is 1. The Kier molecular flexibility index (Phi) is 8.41. The summed E-state index contributed by atoms with van der Waals surface area (Å²) < 4.78 is 46.3. The van der Waals surface area contributed by atoms with Crippen LogP contribution in [0.25, 0.3) is 22.0 Å². The Hall–Kier alpha value is -4.03. The second-order valence-electron chi connectivity index (χ2n) is 12.4. The van der Waals surface area contributed by atoms with Gasteiger partial charge in [-0.1, -0.05) is 24.3 Å². The summed E-state index contributed by atoms with van der Waals surface area (Å²) in [7, 11) is 0. The molecule has 1 amide bonds. The molecule has 1 saturated heterocycles. The highest BCUT2D eigenvalue weighted by Crippen LogP contribution is 2.39. The number of hydrogen-bond acceptors (Lipinski definition) is 6. The van der Waals surface area contributed by atoms with Gasteiger partial charge in [0.05, 0.1) is 17.5 Å². The summed E-state index contributed by atoms with van der Waals surface area (Å²) in [6.45, 7) is 6.50. The van der Waals surface area contributed by atoms with Crippen LogP contribution in [0.3, 0.4) is 0 Å². The lowest BCUT2D eigenvalue weighted by molar-refractivity contribution is -0.118. The highest BCUT2D eigenvalue weighted by atomic mass is 32.1. The molecule has 7 rings (SSSR count). The van der Waals surface area contributed by atoms with Crippen LogP contribution < -0.4 is 5.32 Å². The zero-order chi connectivity index (χ0) is 31.9. The number of nitrogens with one attached hydrogen (secondary N) is 1. The largest absolute Gasteiger partial charge is 0.334 e. The van der Waals surface area contributed by atoms with Crippen molar-refractivity contribution in [2.45, 2.75) is 70.6 Å². The minimum atomic E-state index is -2.74. The highest BCUT2D eigenvalue weighted by molar-refractivity contribution is 7.13. The first-order chi connectivity index (χ1) is 22.3. The Morgan fingerprint density at radius 1 is 1.11 bits per heavy atom. The predicted molar refractivity (Wildman–Crippen MR) is 173 cm³/mol. The smallest absolute Gasteiger partial charge is 0.264 e. The summed E-state index contributed by atoms with van der Waals surface area (Å²) in [6.07, 6.45) is 4.96. The van der Waals surface area contributed by atoms with E-state index in [1.807, 2.05) is 23.6 Å². The molecule has 2 unspecified atom stereocenters. The molecule has 0 saturated carbocycles. The van der Waals surface area contributed by atoms with E-state index in [0.717, 1.165) is 62.1 Å². The molecule has 46 heavy (non-hydrogen) atoms. The zero-order valence-corrected chi connectivity index (χ0v) is 26.6. The fourth-order valence-electron chi connectivity index (χ4n) is 7.06. The van der Waals surface area contributed by atoms with E-state index in [1.54, 1.807) is 37.1 Å². The van der Waals surface area contributed by atoms with Crippen molar-refractivity contribution in [1.82, 2.24) is 29.2 Å². The number of piperidine rings is 1.